The molecule has 2 rings (SSSR count). The number of hydrogen-bond acceptors (Lipinski definition) is 4. The van der Waals surface area contributed by atoms with E-state index in [9.17, 15) is 4.79 Å². The second-order valence-corrected chi connectivity index (χ2v) is 7.86. The second-order valence-electron chi connectivity index (χ2n) is 7.86. The van der Waals surface area contributed by atoms with Gasteiger partial charge in [0.25, 0.3) is 0 Å². The van der Waals surface area contributed by atoms with Crippen molar-refractivity contribution in [3.8, 4) is 0 Å². The number of carbonyl (C=O) groups is 1. The molecule has 1 aromatic rings. The van der Waals surface area contributed by atoms with Gasteiger partial charge in [0.1, 0.15) is 0 Å². The summed E-state index contributed by atoms with van der Waals surface area (Å²) in [5.41, 5.74) is -0.124. The third-order valence-corrected chi connectivity index (χ3v) is 4.84. The fraction of sp³-hybridized carbons (Fsp3) is 0.833. The largest absolute Gasteiger partial charge is 0.356 e. The number of hydrogen-bond donors (Lipinski definition) is 1. The molecule has 5 heteroatoms. The summed E-state index contributed by atoms with van der Waals surface area (Å²) in [6, 6.07) is 0. The SMILES string of the molecule is CCC1CCC(CNC(=O)CCc2nc(C(C)(C)C)no2)CC1. The molecule has 130 valence electrons. The molecule has 1 aliphatic rings. The topological polar surface area (TPSA) is 68.0 Å². The molecule has 0 unspecified atom stereocenters. The molecule has 0 atom stereocenters. The van der Waals surface area contributed by atoms with Gasteiger partial charge in [0, 0.05) is 24.8 Å². The molecule has 0 aromatic carbocycles. The van der Waals surface area contributed by atoms with Gasteiger partial charge in [-0.15, -0.1) is 0 Å². The lowest BCUT2D eigenvalue weighted by molar-refractivity contribution is -0.121. The fourth-order valence-electron chi connectivity index (χ4n) is 3.07. The van der Waals surface area contributed by atoms with E-state index in [2.05, 4.69) is 22.4 Å². The van der Waals surface area contributed by atoms with Crippen LogP contribution >= 0.6 is 0 Å². The highest BCUT2D eigenvalue weighted by Gasteiger charge is 2.22. The maximum atomic E-state index is 12.0. The van der Waals surface area contributed by atoms with Crippen LogP contribution in [0.5, 0.6) is 0 Å². The second kappa shape index (κ2) is 7.93. The molecule has 0 aliphatic heterocycles. The maximum Gasteiger partial charge on any atom is 0.227 e. The Balaban J connectivity index is 1.66. The van der Waals surface area contributed by atoms with Crippen LogP contribution in [0.25, 0.3) is 0 Å². The summed E-state index contributed by atoms with van der Waals surface area (Å²) in [5, 5.41) is 7.05. The van der Waals surface area contributed by atoms with E-state index in [1.54, 1.807) is 0 Å². The van der Waals surface area contributed by atoms with Crippen molar-refractivity contribution in [3.05, 3.63) is 11.7 Å². The predicted molar refractivity (Wildman–Crippen MR) is 90.1 cm³/mol. The minimum absolute atomic E-state index is 0.0816. The van der Waals surface area contributed by atoms with Crippen LogP contribution in [-0.4, -0.2) is 22.6 Å². The number of nitrogens with one attached hydrogen (secondary N) is 1. The third-order valence-electron chi connectivity index (χ3n) is 4.84. The molecule has 0 bridgehead atoms. The van der Waals surface area contributed by atoms with E-state index in [0.717, 1.165) is 12.5 Å². The molecule has 5 nitrogen and oxygen atoms in total. The van der Waals surface area contributed by atoms with Gasteiger partial charge in [-0.25, -0.2) is 0 Å². The van der Waals surface area contributed by atoms with Gasteiger partial charge in [-0.1, -0.05) is 52.1 Å². The van der Waals surface area contributed by atoms with Crippen molar-refractivity contribution in [3.63, 3.8) is 0 Å². The average molecular weight is 321 g/mol. The van der Waals surface area contributed by atoms with Crippen molar-refractivity contribution in [1.82, 2.24) is 15.5 Å². The molecule has 1 fully saturated rings. The summed E-state index contributed by atoms with van der Waals surface area (Å²) in [6.07, 6.45) is 7.34. The monoisotopic (exact) mass is 321 g/mol. The quantitative estimate of drug-likeness (QED) is 0.868. The lowest BCUT2D eigenvalue weighted by Gasteiger charge is -2.27. The van der Waals surface area contributed by atoms with E-state index < -0.39 is 0 Å². The minimum atomic E-state index is -0.124. The molecular formula is C18H31N3O2. The highest BCUT2D eigenvalue weighted by molar-refractivity contribution is 5.75. The van der Waals surface area contributed by atoms with Crippen molar-refractivity contribution in [2.75, 3.05) is 6.54 Å². The van der Waals surface area contributed by atoms with Crippen molar-refractivity contribution in [2.24, 2.45) is 11.8 Å². The summed E-state index contributed by atoms with van der Waals surface area (Å²) in [4.78, 5) is 16.3. The first-order chi connectivity index (χ1) is 10.9. The summed E-state index contributed by atoms with van der Waals surface area (Å²) >= 11 is 0. The lowest BCUT2D eigenvalue weighted by atomic mass is 9.81. The minimum Gasteiger partial charge on any atom is -0.356 e. The maximum absolute atomic E-state index is 12.0. The Bertz CT molecular complexity index is 497. The van der Waals surface area contributed by atoms with Gasteiger partial charge in [0.05, 0.1) is 0 Å². The molecular weight excluding hydrogens is 290 g/mol. The summed E-state index contributed by atoms with van der Waals surface area (Å²) in [6.45, 7) is 9.21. The van der Waals surface area contributed by atoms with Crippen molar-refractivity contribution in [1.29, 1.82) is 0 Å². The van der Waals surface area contributed by atoms with Gasteiger partial charge in [-0.05, 0) is 24.7 Å². The van der Waals surface area contributed by atoms with Crippen LogP contribution in [0.15, 0.2) is 4.52 Å². The summed E-state index contributed by atoms with van der Waals surface area (Å²) in [5.74, 6) is 2.88. The molecule has 23 heavy (non-hydrogen) atoms. The van der Waals surface area contributed by atoms with Gasteiger partial charge < -0.3 is 9.84 Å². The smallest absolute Gasteiger partial charge is 0.227 e. The van der Waals surface area contributed by atoms with Crippen molar-refractivity contribution < 1.29 is 9.32 Å². The predicted octanol–water partition coefficient (Wildman–Crippen LogP) is 3.63. The average Bonchev–Trinajstić information content (AvgIpc) is 3.00. The number of carbonyl (C=O) groups excluding carboxylic acids is 1. The van der Waals surface area contributed by atoms with Crippen LogP contribution in [0.1, 0.15) is 77.9 Å². The van der Waals surface area contributed by atoms with Crippen LogP contribution in [0, 0.1) is 11.8 Å². The highest BCUT2D eigenvalue weighted by atomic mass is 16.5. The first-order valence-corrected chi connectivity index (χ1v) is 8.98. The zero-order valence-electron chi connectivity index (χ0n) is 15.0. The summed E-state index contributed by atoms with van der Waals surface area (Å²) < 4.78 is 5.22. The number of aromatic nitrogens is 2. The Hall–Kier alpha value is -1.39. The van der Waals surface area contributed by atoms with Gasteiger partial charge in [-0.3, -0.25) is 4.79 Å². The van der Waals surface area contributed by atoms with E-state index in [4.69, 9.17) is 4.52 Å². The zero-order valence-corrected chi connectivity index (χ0v) is 15.0. The molecule has 1 N–H and O–H groups in total. The van der Waals surface area contributed by atoms with E-state index in [1.165, 1.54) is 32.1 Å². The standard InChI is InChI=1S/C18H31N3O2/c1-5-13-6-8-14(9-7-13)12-19-15(22)10-11-16-20-17(21-23-16)18(2,3)4/h13-14H,5-12H2,1-4H3,(H,19,22). The molecule has 1 heterocycles. The van der Waals surface area contributed by atoms with Gasteiger partial charge in [-0.2, -0.15) is 4.98 Å². The molecule has 1 aliphatic carbocycles. The molecule has 1 saturated carbocycles. The fourth-order valence-corrected chi connectivity index (χ4v) is 3.07. The Kier molecular flexibility index (Phi) is 6.19. The molecule has 0 spiro atoms. The normalized spacial score (nSPS) is 22.1. The van der Waals surface area contributed by atoms with Gasteiger partial charge in [0.2, 0.25) is 11.8 Å². The Morgan fingerprint density at radius 3 is 2.43 bits per heavy atom. The number of rotatable bonds is 6. The number of aryl methyl sites for hydroxylation is 1. The van der Waals surface area contributed by atoms with Gasteiger partial charge >= 0.3 is 0 Å². The Morgan fingerprint density at radius 2 is 1.87 bits per heavy atom. The van der Waals surface area contributed by atoms with E-state index in [1.807, 2.05) is 20.8 Å². The number of amides is 1. The van der Waals surface area contributed by atoms with E-state index in [-0.39, 0.29) is 11.3 Å². The lowest BCUT2D eigenvalue weighted by Crippen LogP contribution is -2.31. The van der Waals surface area contributed by atoms with Crippen LogP contribution in [-0.2, 0) is 16.6 Å². The molecule has 1 aromatic heterocycles. The van der Waals surface area contributed by atoms with Gasteiger partial charge in [0.15, 0.2) is 5.82 Å². The third kappa shape index (κ3) is 5.63. The first kappa shape index (κ1) is 18.0. The van der Waals surface area contributed by atoms with Crippen LogP contribution in [0.4, 0.5) is 0 Å². The summed E-state index contributed by atoms with van der Waals surface area (Å²) in [7, 11) is 0. The number of nitrogens with zero attached hydrogens (tertiary/aromatic N) is 2. The highest BCUT2D eigenvalue weighted by Crippen LogP contribution is 2.30. The van der Waals surface area contributed by atoms with Crippen molar-refractivity contribution >= 4 is 5.91 Å². The molecule has 0 saturated heterocycles. The van der Waals surface area contributed by atoms with Crippen molar-refractivity contribution in [2.45, 2.75) is 78.1 Å². The molecule has 1 amide bonds. The Morgan fingerprint density at radius 1 is 1.22 bits per heavy atom. The van der Waals surface area contributed by atoms with E-state index in [0.29, 0.717) is 30.5 Å². The zero-order chi connectivity index (χ0) is 16.9. The van der Waals surface area contributed by atoms with Crippen LogP contribution < -0.4 is 5.32 Å². The first-order valence-electron chi connectivity index (χ1n) is 8.98. The van der Waals surface area contributed by atoms with Crippen LogP contribution in [0.2, 0.25) is 0 Å². The Labute approximate surface area is 139 Å². The van der Waals surface area contributed by atoms with Crippen LogP contribution in [0.3, 0.4) is 0 Å². The van der Waals surface area contributed by atoms with E-state index >= 15 is 0 Å². The molecule has 0 radical (unpaired) electrons.